The number of benzene rings is 2. The summed E-state index contributed by atoms with van der Waals surface area (Å²) < 4.78 is 27.7. The van der Waals surface area contributed by atoms with Crippen LogP contribution in [-0.4, -0.2) is 74.7 Å². The van der Waals surface area contributed by atoms with Crippen LogP contribution >= 0.6 is 11.8 Å². The number of nitrogens with zero attached hydrogens (tertiary/aromatic N) is 2. The molecule has 0 bridgehead atoms. The van der Waals surface area contributed by atoms with E-state index in [-0.39, 0.29) is 37.3 Å². The molecule has 0 spiro atoms. The van der Waals surface area contributed by atoms with Crippen LogP contribution in [0.15, 0.2) is 58.2 Å². The van der Waals surface area contributed by atoms with Gasteiger partial charge in [0.05, 0.1) is 38.7 Å². The van der Waals surface area contributed by atoms with E-state index in [2.05, 4.69) is 28.4 Å². The summed E-state index contributed by atoms with van der Waals surface area (Å²) in [6.45, 7) is 0.172. The molecule has 3 aromatic rings. The summed E-state index contributed by atoms with van der Waals surface area (Å²) in [5.74, 6) is 0.117. The number of rotatable bonds is 6. The van der Waals surface area contributed by atoms with E-state index in [1.807, 2.05) is 24.3 Å². The lowest BCUT2D eigenvalue weighted by Crippen LogP contribution is -2.64. The number of carbonyl (C=O) groups excluding carboxylic acids is 2. The Balaban J connectivity index is 1.50. The number of hydrogen-bond donors (Lipinski definition) is 1. The van der Waals surface area contributed by atoms with Crippen LogP contribution in [-0.2, 0) is 31.1 Å². The van der Waals surface area contributed by atoms with E-state index in [9.17, 15) is 14.4 Å². The Kier molecular flexibility index (Phi) is 7.61. The average Bonchev–Trinajstić information content (AvgIpc) is 3.18. The normalized spacial score (nSPS) is 19.1. The second-order valence-corrected chi connectivity index (χ2v) is 10.8. The highest BCUT2D eigenvalue weighted by molar-refractivity contribution is 7.98. The molecule has 3 aliphatic heterocycles. The first-order chi connectivity index (χ1) is 20.0. The Bertz CT molecular complexity index is 1560. The molecule has 1 saturated heterocycles. The number of morpholine rings is 1. The lowest BCUT2D eigenvalue weighted by Gasteiger charge is -2.46. The first-order valence-corrected chi connectivity index (χ1v) is 14.1. The SMILES string of the molecule is COCC1COC[C@H]2Nn3c(-c4cccc5c4Cc4ccccc4SC5)cc(=O)c(OCOC(=O)OC)c3C(=O)N12. The van der Waals surface area contributed by atoms with Crippen molar-refractivity contribution < 1.29 is 33.3 Å². The lowest BCUT2D eigenvalue weighted by molar-refractivity contribution is -0.0559. The summed E-state index contributed by atoms with van der Waals surface area (Å²) in [7, 11) is 2.72. The van der Waals surface area contributed by atoms with Crippen molar-refractivity contribution in [3.63, 3.8) is 0 Å². The van der Waals surface area contributed by atoms with Gasteiger partial charge in [-0.05, 0) is 29.2 Å². The summed E-state index contributed by atoms with van der Waals surface area (Å²) in [5.41, 5.74) is 7.65. The van der Waals surface area contributed by atoms with Crippen LogP contribution in [0, 0.1) is 0 Å². The molecular formula is C29H29N3O8S. The van der Waals surface area contributed by atoms with Gasteiger partial charge < -0.3 is 34.0 Å². The predicted octanol–water partition coefficient (Wildman–Crippen LogP) is 3.20. The number of thioether (sulfide) groups is 1. The molecule has 1 N–H and O–H groups in total. The quantitative estimate of drug-likeness (QED) is 0.345. The monoisotopic (exact) mass is 579 g/mol. The third-order valence-corrected chi connectivity index (χ3v) is 8.54. The van der Waals surface area contributed by atoms with Gasteiger partial charge in [0.2, 0.25) is 18.0 Å². The number of pyridine rings is 1. The molecule has 1 amide bonds. The van der Waals surface area contributed by atoms with Gasteiger partial charge >= 0.3 is 6.16 Å². The molecule has 1 unspecified atom stereocenters. The molecule has 2 aromatic carbocycles. The predicted molar refractivity (Wildman–Crippen MR) is 150 cm³/mol. The van der Waals surface area contributed by atoms with E-state index in [0.717, 1.165) is 29.6 Å². The van der Waals surface area contributed by atoms with Gasteiger partial charge in [0.1, 0.15) is 6.17 Å². The van der Waals surface area contributed by atoms with Crippen LogP contribution in [0.4, 0.5) is 4.79 Å². The summed E-state index contributed by atoms with van der Waals surface area (Å²) in [4.78, 5) is 42.1. The van der Waals surface area contributed by atoms with Crippen molar-refractivity contribution in [3.8, 4) is 17.0 Å². The van der Waals surface area contributed by atoms with Crippen LogP contribution in [0.1, 0.15) is 27.2 Å². The van der Waals surface area contributed by atoms with Crippen LogP contribution in [0.5, 0.6) is 5.75 Å². The number of nitrogens with one attached hydrogen (secondary N) is 1. The molecule has 0 saturated carbocycles. The topological polar surface area (TPSA) is 118 Å². The van der Waals surface area contributed by atoms with Gasteiger partial charge in [-0.2, -0.15) is 0 Å². The summed E-state index contributed by atoms with van der Waals surface area (Å²) >= 11 is 1.78. The Morgan fingerprint density at radius 1 is 1.10 bits per heavy atom. The molecule has 0 radical (unpaired) electrons. The summed E-state index contributed by atoms with van der Waals surface area (Å²) in [6, 6.07) is 15.4. The van der Waals surface area contributed by atoms with Crippen molar-refractivity contribution >= 4 is 23.8 Å². The molecule has 4 heterocycles. The Hall–Kier alpha value is -4.00. The number of aromatic nitrogens is 1. The molecule has 2 atom stereocenters. The minimum Gasteiger partial charge on any atom is -0.451 e. The highest BCUT2D eigenvalue weighted by Crippen LogP contribution is 2.39. The number of carbonyl (C=O) groups is 2. The van der Waals surface area contributed by atoms with Crippen molar-refractivity contribution in [1.29, 1.82) is 0 Å². The highest BCUT2D eigenvalue weighted by atomic mass is 32.2. The Morgan fingerprint density at radius 3 is 2.76 bits per heavy atom. The molecule has 11 nitrogen and oxygen atoms in total. The van der Waals surface area contributed by atoms with Gasteiger partial charge in [-0.3, -0.25) is 9.59 Å². The van der Waals surface area contributed by atoms with Gasteiger partial charge in [-0.1, -0.05) is 36.4 Å². The molecule has 214 valence electrons. The third-order valence-electron chi connectivity index (χ3n) is 7.38. The van der Waals surface area contributed by atoms with Crippen molar-refractivity contribution in [3.05, 3.63) is 81.1 Å². The Morgan fingerprint density at radius 2 is 1.93 bits per heavy atom. The van der Waals surface area contributed by atoms with E-state index >= 15 is 0 Å². The number of fused-ring (bicyclic) bond motifs is 4. The first-order valence-electron chi connectivity index (χ1n) is 13.1. The molecule has 3 aliphatic rings. The second kappa shape index (κ2) is 11.5. The molecule has 6 rings (SSSR count). The van der Waals surface area contributed by atoms with Crippen molar-refractivity contribution in [2.45, 2.75) is 29.3 Å². The number of ether oxygens (including phenoxy) is 5. The van der Waals surface area contributed by atoms with E-state index in [1.54, 1.807) is 28.4 Å². The minimum atomic E-state index is -0.974. The van der Waals surface area contributed by atoms with Gasteiger partial charge in [0, 0.05) is 29.4 Å². The zero-order valence-electron chi connectivity index (χ0n) is 22.6. The van der Waals surface area contributed by atoms with E-state index in [0.29, 0.717) is 12.1 Å². The van der Waals surface area contributed by atoms with Gasteiger partial charge in [-0.25, -0.2) is 9.47 Å². The molecule has 0 aliphatic carbocycles. The lowest BCUT2D eigenvalue weighted by atomic mass is 9.93. The van der Waals surface area contributed by atoms with E-state index in [1.165, 1.54) is 16.5 Å². The van der Waals surface area contributed by atoms with E-state index < -0.39 is 30.5 Å². The first kappa shape index (κ1) is 27.2. The van der Waals surface area contributed by atoms with Crippen LogP contribution < -0.4 is 15.6 Å². The van der Waals surface area contributed by atoms with Crippen molar-refractivity contribution in [2.75, 3.05) is 46.3 Å². The fourth-order valence-corrected chi connectivity index (χ4v) is 6.62. The molecule has 1 fully saturated rings. The zero-order chi connectivity index (χ0) is 28.5. The third kappa shape index (κ3) is 5.03. The van der Waals surface area contributed by atoms with Crippen molar-refractivity contribution in [2.24, 2.45) is 0 Å². The van der Waals surface area contributed by atoms with Crippen LogP contribution in [0.25, 0.3) is 11.3 Å². The molecule has 1 aromatic heterocycles. The maximum absolute atomic E-state index is 14.2. The number of amides is 1. The standard InChI is InChI=1S/C29H29N3O8S/c1-36-12-19-13-38-14-25-30-32-22(11-23(33)27(26(32)28(34)31(19)25)39-16-40-29(35)37-2)20-8-5-7-18-15-41-24-9-4-3-6-17(24)10-21(18)20/h3-9,11,19,25,30H,10,12-16H2,1-2H3/t19?,25-/m0/s1. The smallest absolute Gasteiger partial charge is 0.451 e. The molecule has 12 heteroatoms. The van der Waals surface area contributed by atoms with Crippen LogP contribution in [0.2, 0.25) is 0 Å². The zero-order valence-corrected chi connectivity index (χ0v) is 23.4. The van der Waals surface area contributed by atoms with E-state index in [4.69, 9.17) is 18.9 Å². The molecular weight excluding hydrogens is 550 g/mol. The van der Waals surface area contributed by atoms with Crippen LogP contribution in [0.3, 0.4) is 0 Å². The number of hydrogen-bond acceptors (Lipinski definition) is 10. The molecule has 41 heavy (non-hydrogen) atoms. The summed E-state index contributed by atoms with van der Waals surface area (Å²) in [5, 5.41) is 0. The van der Waals surface area contributed by atoms with Gasteiger partial charge in [0.25, 0.3) is 5.91 Å². The maximum Gasteiger partial charge on any atom is 0.510 e. The number of methoxy groups -OCH3 is 2. The van der Waals surface area contributed by atoms with Gasteiger partial charge in [-0.15, -0.1) is 11.8 Å². The highest BCUT2D eigenvalue weighted by Gasteiger charge is 2.43. The minimum absolute atomic E-state index is 0.00113. The summed E-state index contributed by atoms with van der Waals surface area (Å²) in [6.07, 6.45) is -0.812. The van der Waals surface area contributed by atoms with Gasteiger partial charge in [0.15, 0.2) is 5.69 Å². The fourth-order valence-electron chi connectivity index (χ4n) is 5.54. The maximum atomic E-state index is 14.2. The largest absolute Gasteiger partial charge is 0.510 e. The average molecular weight is 580 g/mol. The van der Waals surface area contributed by atoms with Crippen molar-refractivity contribution in [1.82, 2.24) is 9.58 Å². The Labute approximate surface area is 240 Å². The fraction of sp³-hybridized carbons (Fsp3) is 0.345. The second-order valence-electron chi connectivity index (χ2n) is 9.79.